The largest absolute Gasteiger partial charge is 0.379 e. The number of carbonyl (C=O) groups excluding carboxylic acids is 1. The van der Waals surface area contributed by atoms with Crippen molar-refractivity contribution in [2.24, 2.45) is 0 Å². The first-order chi connectivity index (χ1) is 16.3. The predicted octanol–water partition coefficient (Wildman–Crippen LogP) is 2.22. The number of aromatic nitrogens is 2. The van der Waals surface area contributed by atoms with Crippen LogP contribution in [0.5, 0.6) is 0 Å². The van der Waals surface area contributed by atoms with E-state index >= 15 is 0 Å². The van der Waals surface area contributed by atoms with Gasteiger partial charge in [-0.3, -0.25) is 9.00 Å². The Bertz CT molecular complexity index is 1380. The van der Waals surface area contributed by atoms with Crippen molar-refractivity contribution >= 4 is 32.5 Å². The van der Waals surface area contributed by atoms with Gasteiger partial charge in [0, 0.05) is 35.0 Å². The molecule has 3 heterocycles. The standard InChI is InChI=1S/C23H24N4O5S2/c1-16-4-2-3-5-21(16)27-22(19-14-33(29)15-20(19)25-27)24-23(28)17-6-8-18(9-7-17)34(30,31)26-10-12-32-13-11-26/h2-9H,10-15H2,1H3,(H,24,28)/t33-/m1/s1. The fourth-order valence-corrected chi connectivity index (χ4v) is 6.80. The van der Waals surface area contributed by atoms with E-state index in [2.05, 4.69) is 10.4 Å². The number of morpholine rings is 1. The van der Waals surface area contributed by atoms with Gasteiger partial charge < -0.3 is 10.1 Å². The highest BCUT2D eigenvalue weighted by Gasteiger charge is 2.29. The van der Waals surface area contributed by atoms with E-state index in [1.54, 1.807) is 4.68 Å². The first kappa shape index (κ1) is 22.9. The first-order valence-electron chi connectivity index (χ1n) is 10.9. The molecular formula is C23H24N4O5S2. The molecule has 2 aliphatic rings. The molecule has 1 amide bonds. The summed E-state index contributed by atoms with van der Waals surface area (Å²) in [7, 11) is -4.69. The number of ether oxygens (including phenoxy) is 1. The summed E-state index contributed by atoms with van der Waals surface area (Å²) >= 11 is 0. The van der Waals surface area contributed by atoms with Gasteiger partial charge in [0.2, 0.25) is 10.0 Å². The van der Waals surface area contributed by atoms with E-state index in [4.69, 9.17) is 4.74 Å². The second kappa shape index (κ2) is 9.06. The van der Waals surface area contributed by atoms with Crippen LogP contribution in [-0.4, -0.2) is 58.9 Å². The average molecular weight is 501 g/mol. The summed E-state index contributed by atoms with van der Waals surface area (Å²) in [6, 6.07) is 13.6. The van der Waals surface area contributed by atoms with Crippen LogP contribution in [0.25, 0.3) is 5.69 Å². The molecule has 9 nitrogen and oxygen atoms in total. The summed E-state index contributed by atoms with van der Waals surface area (Å²) in [6.07, 6.45) is 0. The lowest BCUT2D eigenvalue weighted by atomic mass is 10.2. The summed E-state index contributed by atoms with van der Waals surface area (Å²) in [5, 5.41) is 7.56. The van der Waals surface area contributed by atoms with Crippen molar-refractivity contribution in [3.8, 4) is 5.69 Å². The second-order valence-corrected chi connectivity index (χ2v) is 11.6. The van der Waals surface area contributed by atoms with E-state index in [1.807, 2.05) is 31.2 Å². The number of fused-ring (bicyclic) bond motifs is 1. The molecular weight excluding hydrogens is 476 g/mol. The Labute approximate surface area is 200 Å². The number of amides is 1. The maximum absolute atomic E-state index is 13.1. The van der Waals surface area contributed by atoms with Crippen LogP contribution in [0.4, 0.5) is 5.82 Å². The van der Waals surface area contributed by atoms with Crippen LogP contribution in [0, 0.1) is 6.92 Å². The first-order valence-corrected chi connectivity index (χ1v) is 13.8. The predicted molar refractivity (Wildman–Crippen MR) is 128 cm³/mol. The molecule has 0 radical (unpaired) electrons. The van der Waals surface area contributed by atoms with Crippen molar-refractivity contribution in [2.45, 2.75) is 23.3 Å². The quantitative estimate of drug-likeness (QED) is 0.575. The van der Waals surface area contributed by atoms with Gasteiger partial charge in [0.15, 0.2) is 0 Å². The highest BCUT2D eigenvalue weighted by Crippen LogP contribution is 2.32. The monoisotopic (exact) mass is 500 g/mol. The molecule has 0 saturated carbocycles. The topological polar surface area (TPSA) is 111 Å². The molecule has 0 spiro atoms. The zero-order chi connectivity index (χ0) is 23.9. The van der Waals surface area contributed by atoms with E-state index in [0.717, 1.165) is 16.8 Å². The van der Waals surface area contributed by atoms with E-state index in [9.17, 15) is 17.4 Å². The molecule has 1 N–H and O–H groups in total. The van der Waals surface area contributed by atoms with Gasteiger partial charge >= 0.3 is 0 Å². The average Bonchev–Trinajstić information content (AvgIpc) is 3.36. The lowest BCUT2D eigenvalue weighted by Gasteiger charge is -2.26. The van der Waals surface area contributed by atoms with Crippen molar-refractivity contribution in [1.82, 2.24) is 14.1 Å². The Morgan fingerprint density at radius 1 is 1.06 bits per heavy atom. The van der Waals surface area contributed by atoms with Gasteiger partial charge in [-0.15, -0.1) is 0 Å². The van der Waals surface area contributed by atoms with Crippen LogP contribution in [0.2, 0.25) is 0 Å². The number of rotatable bonds is 5. The lowest BCUT2D eigenvalue weighted by molar-refractivity contribution is 0.0730. The van der Waals surface area contributed by atoms with Crippen molar-refractivity contribution in [3.63, 3.8) is 0 Å². The lowest BCUT2D eigenvalue weighted by Crippen LogP contribution is -2.40. The van der Waals surface area contributed by atoms with Crippen molar-refractivity contribution in [1.29, 1.82) is 0 Å². The van der Waals surface area contributed by atoms with Crippen LogP contribution in [0.15, 0.2) is 53.4 Å². The van der Waals surface area contributed by atoms with Gasteiger partial charge in [-0.1, -0.05) is 18.2 Å². The molecule has 1 aromatic heterocycles. The fraction of sp³-hybridized carbons (Fsp3) is 0.304. The number of aryl methyl sites for hydroxylation is 1. The summed E-state index contributed by atoms with van der Waals surface area (Å²) in [6.45, 7) is 3.30. The molecule has 0 bridgehead atoms. The molecule has 0 aliphatic carbocycles. The SMILES string of the molecule is Cc1ccccc1-n1nc2c(c1NC(=O)c1ccc(S(=O)(=O)N3CCOCC3)cc1)C[S@@](=O)C2. The summed E-state index contributed by atoms with van der Waals surface area (Å²) in [5.41, 5.74) is 3.60. The molecule has 0 unspecified atom stereocenters. The minimum Gasteiger partial charge on any atom is -0.379 e. The van der Waals surface area contributed by atoms with Crippen LogP contribution >= 0.6 is 0 Å². The maximum Gasteiger partial charge on any atom is 0.256 e. The maximum atomic E-state index is 13.1. The zero-order valence-electron chi connectivity index (χ0n) is 18.6. The minimum absolute atomic E-state index is 0.132. The minimum atomic E-state index is -3.64. The van der Waals surface area contributed by atoms with Gasteiger partial charge in [-0.05, 0) is 42.8 Å². The Morgan fingerprint density at radius 2 is 1.76 bits per heavy atom. The zero-order valence-corrected chi connectivity index (χ0v) is 20.2. The van der Waals surface area contributed by atoms with Gasteiger partial charge in [0.25, 0.3) is 5.91 Å². The third-order valence-electron chi connectivity index (χ3n) is 5.97. The van der Waals surface area contributed by atoms with E-state index < -0.39 is 26.7 Å². The molecule has 1 atom stereocenters. The van der Waals surface area contributed by atoms with Crippen molar-refractivity contribution in [2.75, 3.05) is 31.6 Å². The summed E-state index contributed by atoms with van der Waals surface area (Å²) in [4.78, 5) is 13.3. The fourth-order valence-electron chi connectivity index (χ4n) is 4.13. The molecule has 34 heavy (non-hydrogen) atoms. The van der Waals surface area contributed by atoms with Crippen LogP contribution in [0.3, 0.4) is 0 Å². The number of carbonyl (C=O) groups is 1. The smallest absolute Gasteiger partial charge is 0.256 e. The number of anilines is 1. The Morgan fingerprint density at radius 3 is 2.47 bits per heavy atom. The van der Waals surface area contributed by atoms with Crippen molar-refractivity contribution < 1.29 is 22.2 Å². The molecule has 2 aliphatic heterocycles. The number of nitrogens with zero attached hydrogens (tertiary/aromatic N) is 3. The number of hydrogen-bond donors (Lipinski definition) is 1. The number of para-hydroxylation sites is 1. The number of benzene rings is 2. The summed E-state index contributed by atoms with van der Waals surface area (Å²) in [5.74, 6) is 0.773. The third-order valence-corrected chi connectivity index (χ3v) is 9.09. The molecule has 2 aromatic carbocycles. The second-order valence-electron chi connectivity index (χ2n) is 8.20. The molecule has 3 aromatic rings. The van der Waals surface area contributed by atoms with Gasteiger partial charge in [0.1, 0.15) is 5.82 Å². The molecule has 1 fully saturated rings. The number of nitrogens with one attached hydrogen (secondary N) is 1. The van der Waals surface area contributed by atoms with Gasteiger partial charge in [-0.2, -0.15) is 9.40 Å². The highest BCUT2D eigenvalue weighted by atomic mass is 32.2. The van der Waals surface area contributed by atoms with Gasteiger partial charge in [-0.25, -0.2) is 13.1 Å². The molecule has 178 valence electrons. The van der Waals surface area contributed by atoms with Crippen LogP contribution in [-0.2, 0) is 37.1 Å². The van der Waals surface area contributed by atoms with E-state index in [1.165, 1.54) is 28.6 Å². The number of sulfonamides is 1. The van der Waals surface area contributed by atoms with E-state index in [0.29, 0.717) is 54.9 Å². The Hall–Kier alpha value is -2.86. The van der Waals surface area contributed by atoms with E-state index in [-0.39, 0.29) is 4.90 Å². The number of hydrogen-bond acceptors (Lipinski definition) is 6. The Balaban J connectivity index is 1.43. The molecule has 1 saturated heterocycles. The third kappa shape index (κ3) is 4.20. The Kier molecular flexibility index (Phi) is 6.11. The highest BCUT2D eigenvalue weighted by molar-refractivity contribution is 7.89. The van der Waals surface area contributed by atoms with Crippen LogP contribution in [0.1, 0.15) is 27.2 Å². The summed E-state index contributed by atoms with van der Waals surface area (Å²) < 4.78 is 46.1. The normalized spacial score (nSPS) is 18.6. The van der Waals surface area contributed by atoms with Crippen LogP contribution < -0.4 is 5.32 Å². The molecule has 11 heteroatoms. The van der Waals surface area contributed by atoms with Crippen molar-refractivity contribution in [3.05, 3.63) is 70.9 Å². The van der Waals surface area contributed by atoms with Gasteiger partial charge in [0.05, 0.1) is 41.0 Å². The molecule has 5 rings (SSSR count).